The highest BCUT2D eigenvalue weighted by Crippen LogP contribution is 2.08. The quantitative estimate of drug-likeness (QED) is 0.642. The van der Waals surface area contributed by atoms with Crippen LogP contribution >= 0.6 is 0 Å². The SMILES string of the molecule is Cc1ccc(O)cc1.c1ccc2ncccc2c1. The van der Waals surface area contributed by atoms with Crippen molar-refractivity contribution in [2.45, 2.75) is 6.92 Å². The summed E-state index contributed by atoms with van der Waals surface area (Å²) in [5.41, 5.74) is 2.23. The van der Waals surface area contributed by atoms with Gasteiger partial charge in [-0.25, -0.2) is 0 Å². The molecule has 0 unspecified atom stereocenters. The van der Waals surface area contributed by atoms with E-state index in [1.165, 1.54) is 10.9 Å². The molecule has 2 heteroatoms. The zero-order valence-corrected chi connectivity index (χ0v) is 10.2. The van der Waals surface area contributed by atoms with Gasteiger partial charge in [0, 0.05) is 11.6 Å². The molecule has 0 bridgehead atoms. The summed E-state index contributed by atoms with van der Waals surface area (Å²) in [6, 6.07) is 19.2. The maximum Gasteiger partial charge on any atom is 0.115 e. The fourth-order valence-corrected chi connectivity index (χ4v) is 1.56. The first-order chi connectivity index (χ1) is 8.75. The van der Waals surface area contributed by atoms with Gasteiger partial charge in [-0.3, -0.25) is 4.98 Å². The average Bonchev–Trinajstić information content (AvgIpc) is 2.43. The number of para-hydroxylation sites is 1. The number of hydrogen-bond acceptors (Lipinski definition) is 2. The summed E-state index contributed by atoms with van der Waals surface area (Å²) in [4.78, 5) is 4.18. The smallest absolute Gasteiger partial charge is 0.115 e. The Hall–Kier alpha value is -2.35. The van der Waals surface area contributed by atoms with E-state index in [1.807, 2.05) is 49.5 Å². The van der Waals surface area contributed by atoms with E-state index in [9.17, 15) is 0 Å². The Bertz CT molecular complexity index is 531. The first-order valence-corrected chi connectivity index (χ1v) is 5.81. The van der Waals surface area contributed by atoms with Crippen LogP contribution in [-0.4, -0.2) is 10.1 Å². The number of aromatic nitrogens is 1. The van der Waals surface area contributed by atoms with E-state index in [2.05, 4.69) is 17.1 Å². The monoisotopic (exact) mass is 237 g/mol. The first-order valence-electron chi connectivity index (χ1n) is 5.81. The number of hydrogen-bond donors (Lipinski definition) is 1. The highest BCUT2D eigenvalue weighted by Gasteiger charge is 1.86. The van der Waals surface area contributed by atoms with E-state index in [4.69, 9.17) is 5.11 Å². The largest absolute Gasteiger partial charge is 0.508 e. The maximum atomic E-state index is 8.76. The van der Waals surface area contributed by atoms with Crippen LogP contribution < -0.4 is 0 Å². The van der Waals surface area contributed by atoms with Crippen LogP contribution in [0.1, 0.15) is 5.56 Å². The molecular weight excluding hydrogens is 222 g/mol. The number of rotatable bonds is 0. The van der Waals surface area contributed by atoms with Crippen LogP contribution in [0.25, 0.3) is 10.9 Å². The summed E-state index contributed by atoms with van der Waals surface area (Å²) >= 11 is 0. The summed E-state index contributed by atoms with van der Waals surface area (Å²) in [6.45, 7) is 1.99. The molecule has 2 aromatic carbocycles. The zero-order valence-electron chi connectivity index (χ0n) is 10.2. The van der Waals surface area contributed by atoms with Crippen molar-refractivity contribution < 1.29 is 5.11 Å². The molecule has 0 spiro atoms. The van der Waals surface area contributed by atoms with Gasteiger partial charge in [0.15, 0.2) is 0 Å². The van der Waals surface area contributed by atoms with Gasteiger partial charge < -0.3 is 5.11 Å². The fraction of sp³-hybridized carbons (Fsp3) is 0.0625. The number of aryl methyl sites for hydroxylation is 1. The van der Waals surface area contributed by atoms with Crippen LogP contribution in [-0.2, 0) is 0 Å². The molecule has 0 aliphatic heterocycles. The van der Waals surface area contributed by atoms with Gasteiger partial charge >= 0.3 is 0 Å². The molecule has 0 radical (unpaired) electrons. The molecule has 18 heavy (non-hydrogen) atoms. The fourth-order valence-electron chi connectivity index (χ4n) is 1.56. The molecule has 0 saturated carbocycles. The molecule has 3 rings (SSSR count). The number of nitrogens with zero attached hydrogens (tertiary/aromatic N) is 1. The Morgan fingerprint density at radius 1 is 0.833 bits per heavy atom. The van der Waals surface area contributed by atoms with Crippen LogP contribution in [0, 0.1) is 6.92 Å². The second kappa shape index (κ2) is 5.82. The molecule has 3 aromatic rings. The molecule has 90 valence electrons. The lowest BCUT2D eigenvalue weighted by Gasteiger charge is -1.91. The highest BCUT2D eigenvalue weighted by atomic mass is 16.3. The Morgan fingerprint density at radius 2 is 1.50 bits per heavy atom. The lowest BCUT2D eigenvalue weighted by atomic mass is 10.2. The summed E-state index contributed by atoms with van der Waals surface area (Å²) < 4.78 is 0. The number of pyridine rings is 1. The van der Waals surface area contributed by atoms with Crippen LogP contribution in [0.2, 0.25) is 0 Å². The van der Waals surface area contributed by atoms with Gasteiger partial charge in [-0.15, -0.1) is 0 Å². The lowest BCUT2D eigenvalue weighted by molar-refractivity contribution is 0.475. The molecule has 0 aliphatic rings. The minimum absolute atomic E-state index is 0.329. The van der Waals surface area contributed by atoms with E-state index < -0.39 is 0 Å². The van der Waals surface area contributed by atoms with Crippen molar-refractivity contribution in [1.82, 2.24) is 4.98 Å². The molecule has 1 aromatic heterocycles. The van der Waals surface area contributed by atoms with E-state index in [0.29, 0.717) is 5.75 Å². The molecule has 0 amide bonds. The number of phenolic OH excluding ortho intramolecular Hbond substituents is 1. The van der Waals surface area contributed by atoms with Gasteiger partial charge in [-0.1, -0.05) is 42.0 Å². The predicted molar refractivity (Wildman–Crippen MR) is 74.6 cm³/mol. The molecule has 2 nitrogen and oxygen atoms in total. The topological polar surface area (TPSA) is 33.1 Å². The molecule has 0 atom stereocenters. The molecular formula is C16H15NO. The minimum Gasteiger partial charge on any atom is -0.508 e. The summed E-state index contributed by atoms with van der Waals surface area (Å²) in [5.74, 6) is 0.329. The van der Waals surface area contributed by atoms with E-state index in [0.717, 1.165) is 5.52 Å². The molecule has 0 saturated heterocycles. The second-order valence-electron chi connectivity index (χ2n) is 4.03. The Balaban J connectivity index is 0.000000138. The van der Waals surface area contributed by atoms with Crippen molar-refractivity contribution in [2.75, 3.05) is 0 Å². The van der Waals surface area contributed by atoms with Crippen LogP contribution in [0.4, 0.5) is 0 Å². The van der Waals surface area contributed by atoms with Crippen LogP contribution in [0.5, 0.6) is 5.75 Å². The number of aromatic hydroxyl groups is 1. The van der Waals surface area contributed by atoms with Crippen LogP contribution in [0.15, 0.2) is 66.9 Å². The molecule has 1 heterocycles. The summed E-state index contributed by atoms with van der Waals surface area (Å²) in [5, 5.41) is 9.96. The second-order valence-corrected chi connectivity index (χ2v) is 4.03. The van der Waals surface area contributed by atoms with Crippen molar-refractivity contribution in [3.8, 4) is 5.75 Å². The number of fused-ring (bicyclic) bond motifs is 1. The van der Waals surface area contributed by atoms with E-state index in [1.54, 1.807) is 12.1 Å². The average molecular weight is 237 g/mol. The molecule has 0 aliphatic carbocycles. The van der Waals surface area contributed by atoms with Crippen LogP contribution in [0.3, 0.4) is 0 Å². The summed E-state index contributed by atoms with van der Waals surface area (Å²) in [6.07, 6.45) is 1.81. The van der Waals surface area contributed by atoms with Gasteiger partial charge in [0.1, 0.15) is 5.75 Å². The minimum atomic E-state index is 0.329. The third kappa shape index (κ3) is 3.32. The number of benzene rings is 2. The normalized spacial score (nSPS) is 9.61. The van der Waals surface area contributed by atoms with Gasteiger partial charge in [0.25, 0.3) is 0 Å². The molecule has 0 fully saturated rings. The third-order valence-corrected chi connectivity index (χ3v) is 2.55. The van der Waals surface area contributed by atoms with Crippen molar-refractivity contribution in [1.29, 1.82) is 0 Å². The van der Waals surface area contributed by atoms with Crippen molar-refractivity contribution >= 4 is 10.9 Å². The van der Waals surface area contributed by atoms with Gasteiger partial charge in [-0.05, 0) is 31.2 Å². The Kier molecular flexibility index (Phi) is 3.92. The van der Waals surface area contributed by atoms with Gasteiger partial charge in [0.05, 0.1) is 5.52 Å². The highest BCUT2D eigenvalue weighted by molar-refractivity contribution is 5.77. The van der Waals surface area contributed by atoms with Crippen molar-refractivity contribution in [3.63, 3.8) is 0 Å². The van der Waals surface area contributed by atoms with E-state index >= 15 is 0 Å². The molecule has 1 N–H and O–H groups in total. The first kappa shape index (κ1) is 12.1. The Labute approximate surface area is 107 Å². The maximum absolute atomic E-state index is 8.76. The summed E-state index contributed by atoms with van der Waals surface area (Å²) in [7, 11) is 0. The zero-order chi connectivity index (χ0) is 12.8. The lowest BCUT2D eigenvalue weighted by Crippen LogP contribution is -1.73. The van der Waals surface area contributed by atoms with E-state index in [-0.39, 0.29) is 0 Å². The van der Waals surface area contributed by atoms with Gasteiger partial charge in [0.2, 0.25) is 0 Å². The standard InChI is InChI=1S/C9H7N.C7H8O/c1-2-6-9-8(4-1)5-3-7-10-9;1-6-2-4-7(8)5-3-6/h1-7H;2-5,8H,1H3. The Morgan fingerprint density at radius 3 is 2.17 bits per heavy atom. The van der Waals surface area contributed by atoms with Crippen molar-refractivity contribution in [2.24, 2.45) is 0 Å². The third-order valence-electron chi connectivity index (χ3n) is 2.55. The predicted octanol–water partition coefficient (Wildman–Crippen LogP) is 3.94. The van der Waals surface area contributed by atoms with Crippen molar-refractivity contribution in [3.05, 3.63) is 72.4 Å². The van der Waals surface area contributed by atoms with Gasteiger partial charge in [-0.2, -0.15) is 0 Å². The number of phenols is 1.